The van der Waals surface area contributed by atoms with Crippen molar-refractivity contribution in [1.29, 1.82) is 0 Å². The molecule has 1 aliphatic carbocycles. The molecule has 0 spiro atoms. The number of halogens is 3. The van der Waals surface area contributed by atoms with Crippen LogP contribution in [0.2, 0.25) is 0 Å². The first-order chi connectivity index (χ1) is 23.5. The number of piperidine rings is 1. The van der Waals surface area contributed by atoms with Crippen molar-refractivity contribution in [1.82, 2.24) is 30.1 Å². The Kier molecular flexibility index (Phi) is 10.6. The largest absolute Gasteiger partial charge is 0.490 e. The van der Waals surface area contributed by atoms with Crippen molar-refractivity contribution < 1.29 is 27.4 Å². The van der Waals surface area contributed by atoms with Crippen LogP contribution in [0.15, 0.2) is 43.0 Å². The third-order valence-electron chi connectivity index (χ3n) is 9.57. The Bertz CT molecular complexity index is 1610. The van der Waals surface area contributed by atoms with Crippen molar-refractivity contribution in [2.45, 2.75) is 88.9 Å². The molecule has 4 heterocycles. The fourth-order valence-corrected chi connectivity index (χ4v) is 7.15. The Hall–Kier alpha value is -3.97. The summed E-state index contributed by atoms with van der Waals surface area (Å²) in [6, 6.07) is 4.86. The molecule has 6 rings (SSSR count). The predicted octanol–water partition coefficient (Wildman–Crippen LogP) is 6.03. The first-order valence-corrected chi connectivity index (χ1v) is 17.2. The lowest BCUT2D eigenvalue weighted by Gasteiger charge is -2.44. The molecule has 0 bridgehead atoms. The summed E-state index contributed by atoms with van der Waals surface area (Å²) in [5.41, 5.74) is 2.24. The average molecular weight is 682 g/mol. The lowest BCUT2D eigenvalue weighted by Crippen LogP contribution is -2.55. The van der Waals surface area contributed by atoms with Gasteiger partial charge in [-0.3, -0.25) is 9.78 Å². The third-order valence-corrected chi connectivity index (χ3v) is 9.57. The number of rotatable bonds is 12. The molecule has 2 fully saturated rings. The zero-order valence-corrected chi connectivity index (χ0v) is 28.7. The summed E-state index contributed by atoms with van der Waals surface area (Å²) in [5.74, 6) is -2.15. The molecule has 264 valence electrons. The number of pyridine rings is 1. The van der Waals surface area contributed by atoms with Gasteiger partial charge in [-0.1, -0.05) is 0 Å². The number of nitrogens with one attached hydrogen (secondary N) is 1. The maximum atomic E-state index is 14.5. The van der Waals surface area contributed by atoms with E-state index in [-0.39, 0.29) is 29.5 Å². The van der Waals surface area contributed by atoms with Crippen LogP contribution in [0.1, 0.15) is 80.0 Å². The number of ether oxygens (including phenoxy) is 2. The zero-order valence-electron chi connectivity index (χ0n) is 28.7. The Morgan fingerprint density at radius 3 is 2.59 bits per heavy atom. The van der Waals surface area contributed by atoms with Gasteiger partial charge in [0.25, 0.3) is 11.8 Å². The van der Waals surface area contributed by atoms with Gasteiger partial charge in [0.05, 0.1) is 17.5 Å². The van der Waals surface area contributed by atoms with Crippen molar-refractivity contribution in [2.24, 2.45) is 0 Å². The van der Waals surface area contributed by atoms with E-state index in [0.717, 1.165) is 62.7 Å². The molecule has 2 aliphatic heterocycles. The second-order valence-corrected chi connectivity index (χ2v) is 13.9. The van der Waals surface area contributed by atoms with E-state index < -0.39 is 36.5 Å². The van der Waals surface area contributed by atoms with Crippen molar-refractivity contribution in [3.05, 3.63) is 65.6 Å². The molecule has 1 atom stereocenters. The highest BCUT2D eigenvalue weighted by Crippen LogP contribution is 2.43. The topological polar surface area (TPSA) is 96.0 Å². The molecule has 10 nitrogen and oxygen atoms in total. The number of nitrogens with zero attached hydrogens (tertiary/aromatic N) is 6. The van der Waals surface area contributed by atoms with Crippen LogP contribution in [-0.2, 0) is 6.42 Å². The number of hydrogen-bond donors (Lipinski definition) is 1. The smallest absolute Gasteiger partial charge is 0.258 e. The molecular weight excluding hydrogens is 635 g/mol. The van der Waals surface area contributed by atoms with E-state index in [0.29, 0.717) is 24.7 Å². The second-order valence-electron chi connectivity index (χ2n) is 13.9. The second kappa shape index (κ2) is 14.9. The zero-order chi connectivity index (χ0) is 34.7. The number of hydrogen-bond acceptors (Lipinski definition) is 9. The van der Waals surface area contributed by atoms with E-state index in [2.05, 4.69) is 44.2 Å². The fourth-order valence-electron chi connectivity index (χ4n) is 7.15. The van der Waals surface area contributed by atoms with E-state index in [1.165, 1.54) is 35.1 Å². The third kappa shape index (κ3) is 8.09. The van der Waals surface area contributed by atoms with Gasteiger partial charge in [0.15, 0.2) is 11.6 Å². The normalized spacial score (nSPS) is 19.4. The number of alkyl halides is 2. The average Bonchev–Trinajstić information content (AvgIpc) is 3.05. The number of carbonyl (C=O) groups excluding carboxylic acids is 1. The SMILES string of the molecule is CC(C)N(C(=O)c1cc(F)ccc1Oc1cncnc1N1CCC(Oc2ccnc3c2C(CCCN(C)C)NCC3)CC1)C1CC(F)(F)C1. The molecule has 1 saturated carbocycles. The molecule has 13 heteroatoms. The van der Waals surface area contributed by atoms with Crippen molar-refractivity contribution >= 4 is 11.7 Å². The maximum Gasteiger partial charge on any atom is 0.258 e. The van der Waals surface area contributed by atoms with E-state index in [9.17, 15) is 18.0 Å². The van der Waals surface area contributed by atoms with Gasteiger partial charge in [0, 0.05) is 81.6 Å². The first kappa shape index (κ1) is 34.9. The van der Waals surface area contributed by atoms with Crippen molar-refractivity contribution in [3.8, 4) is 17.2 Å². The lowest BCUT2D eigenvalue weighted by atomic mass is 9.85. The quantitative estimate of drug-likeness (QED) is 0.246. The van der Waals surface area contributed by atoms with Gasteiger partial charge in [0.2, 0.25) is 0 Å². The van der Waals surface area contributed by atoms with Gasteiger partial charge in [0.1, 0.15) is 29.7 Å². The Labute approximate surface area is 286 Å². The van der Waals surface area contributed by atoms with Crippen LogP contribution in [0, 0.1) is 5.82 Å². The summed E-state index contributed by atoms with van der Waals surface area (Å²) >= 11 is 0. The van der Waals surface area contributed by atoms with E-state index in [1.807, 2.05) is 12.3 Å². The molecule has 3 aliphatic rings. The van der Waals surface area contributed by atoms with Crippen LogP contribution < -0.4 is 19.7 Å². The van der Waals surface area contributed by atoms with Crippen molar-refractivity contribution in [3.63, 3.8) is 0 Å². The predicted molar refractivity (Wildman–Crippen MR) is 180 cm³/mol. The van der Waals surface area contributed by atoms with Crippen LogP contribution in [0.25, 0.3) is 0 Å². The van der Waals surface area contributed by atoms with Crippen LogP contribution in [0.4, 0.5) is 19.0 Å². The van der Waals surface area contributed by atoms with E-state index in [4.69, 9.17) is 9.47 Å². The van der Waals surface area contributed by atoms with Gasteiger partial charge in [-0.2, -0.15) is 0 Å². The van der Waals surface area contributed by atoms with E-state index in [1.54, 1.807) is 13.8 Å². The molecule has 1 unspecified atom stereocenters. The van der Waals surface area contributed by atoms with Crippen LogP contribution >= 0.6 is 0 Å². The maximum absolute atomic E-state index is 14.5. The minimum Gasteiger partial charge on any atom is -0.490 e. The summed E-state index contributed by atoms with van der Waals surface area (Å²) in [6.45, 7) is 6.73. The van der Waals surface area contributed by atoms with E-state index >= 15 is 0 Å². The highest BCUT2D eigenvalue weighted by atomic mass is 19.3. The Morgan fingerprint density at radius 2 is 1.88 bits per heavy atom. The summed E-state index contributed by atoms with van der Waals surface area (Å²) in [4.78, 5) is 32.8. The van der Waals surface area contributed by atoms with Crippen LogP contribution in [0.5, 0.6) is 17.2 Å². The monoisotopic (exact) mass is 681 g/mol. The molecule has 49 heavy (non-hydrogen) atoms. The number of aromatic nitrogens is 3. The molecule has 1 aromatic carbocycles. The molecule has 1 amide bonds. The number of fused-ring (bicyclic) bond motifs is 1. The number of amides is 1. The van der Waals surface area contributed by atoms with Gasteiger partial charge in [-0.15, -0.1) is 0 Å². The minimum atomic E-state index is -2.81. The minimum absolute atomic E-state index is 0.000490. The highest BCUT2D eigenvalue weighted by molar-refractivity contribution is 5.97. The van der Waals surface area contributed by atoms with Crippen LogP contribution in [-0.4, -0.2) is 95.0 Å². The standard InChI is InChI=1S/C36H46F3N7O3/c1-23(2)46(25-19-36(38,39)20-25)35(47)27-18-24(37)7-8-30(27)49-32-21-40-22-43-34(32)45-16-11-26(12-17-45)48-31-10-14-42-29-9-13-41-28(33(29)31)6-5-15-44(3)4/h7-8,10,14,18,21-23,25-26,28,41H,5-6,9,11-13,15-17,19-20H2,1-4H3. The van der Waals surface area contributed by atoms with Crippen LogP contribution in [0.3, 0.4) is 0 Å². The Balaban J connectivity index is 1.14. The lowest BCUT2D eigenvalue weighted by molar-refractivity contribution is -0.120. The van der Waals surface area contributed by atoms with Gasteiger partial charge in [-0.05, 0) is 71.6 Å². The van der Waals surface area contributed by atoms with Crippen molar-refractivity contribution in [2.75, 3.05) is 45.2 Å². The molecule has 1 saturated heterocycles. The Morgan fingerprint density at radius 1 is 1.10 bits per heavy atom. The fraction of sp³-hybridized carbons (Fsp3) is 0.556. The van der Waals surface area contributed by atoms with Gasteiger partial charge in [-0.25, -0.2) is 23.1 Å². The molecule has 3 aromatic rings. The van der Waals surface area contributed by atoms with Gasteiger partial charge >= 0.3 is 0 Å². The first-order valence-electron chi connectivity index (χ1n) is 17.2. The summed E-state index contributed by atoms with van der Waals surface area (Å²) < 4.78 is 54.9. The number of anilines is 1. The van der Waals surface area contributed by atoms with Gasteiger partial charge < -0.3 is 29.5 Å². The summed E-state index contributed by atoms with van der Waals surface area (Å²) in [7, 11) is 4.18. The molecule has 0 radical (unpaired) electrons. The summed E-state index contributed by atoms with van der Waals surface area (Å²) in [6.07, 6.45) is 8.40. The molecule has 1 N–H and O–H groups in total. The summed E-state index contributed by atoms with van der Waals surface area (Å²) in [5, 5.41) is 3.67. The number of carbonyl (C=O) groups is 1. The highest BCUT2D eigenvalue weighted by Gasteiger charge is 2.50. The number of benzene rings is 1. The molecule has 2 aromatic heterocycles. The molecular formula is C36H46F3N7O3.